The van der Waals surface area contributed by atoms with E-state index in [2.05, 4.69) is 23.0 Å². The molecule has 0 aliphatic carbocycles. The molecule has 9 heteroatoms. The molecule has 0 saturated heterocycles. The lowest BCUT2D eigenvalue weighted by Gasteiger charge is -2.30. The molecule has 260 valence electrons. The summed E-state index contributed by atoms with van der Waals surface area (Å²) in [6.07, 6.45) is 4.59. The Bertz CT molecular complexity index is 1950. The summed E-state index contributed by atoms with van der Waals surface area (Å²) in [7, 11) is 0. The number of ether oxygens (including phenoxy) is 2. The number of nitrogens with one attached hydrogen (secondary N) is 2. The van der Waals surface area contributed by atoms with Gasteiger partial charge in [-0.2, -0.15) is 0 Å². The molecule has 1 aliphatic rings. The lowest BCUT2D eigenvalue weighted by molar-refractivity contribution is -0.129. The van der Waals surface area contributed by atoms with Gasteiger partial charge in [-0.25, -0.2) is 10.4 Å². The first-order valence-corrected chi connectivity index (χ1v) is 17.7. The fourth-order valence-electron chi connectivity index (χ4n) is 5.91. The van der Waals surface area contributed by atoms with Gasteiger partial charge in [0.25, 0.3) is 5.91 Å². The lowest BCUT2D eigenvalue weighted by atomic mass is 9.84. The van der Waals surface area contributed by atoms with Crippen molar-refractivity contribution in [3.05, 3.63) is 166 Å². The predicted molar refractivity (Wildman–Crippen MR) is 205 cm³/mol. The molecular formula is C42H39Cl2N3O4. The van der Waals surface area contributed by atoms with Crippen LogP contribution < -0.4 is 15.6 Å². The topological polar surface area (TPSA) is 92.2 Å². The number of aliphatic hydroxyl groups is 1. The Morgan fingerprint density at radius 1 is 0.863 bits per heavy atom. The van der Waals surface area contributed by atoms with E-state index in [1.807, 2.05) is 115 Å². The van der Waals surface area contributed by atoms with Gasteiger partial charge in [0.05, 0.1) is 6.61 Å². The average Bonchev–Trinajstić information content (AvgIpc) is 3.56. The number of carbonyl (C=O) groups is 1. The lowest BCUT2D eigenvalue weighted by Crippen LogP contribution is -2.52. The Hall–Kier alpha value is -4.92. The first-order chi connectivity index (χ1) is 24.9. The Kier molecular flexibility index (Phi) is 12.2. The van der Waals surface area contributed by atoms with Gasteiger partial charge in [0.2, 0.25) is 5.90 Å². The van der Waals surface area contributed by atoms with E-state index in [1.54, 1.807) is 12.1 Å². The molecule has 0 spiro atoms. The number of amides is 1. The van der Waals surface area contributed by atoms with Crippen LogP contribution in [0.25, 0.3) is 17.2 Å². The maximum absolute atomic E-state index is 14.5. The molecule has 1 aliphatic heterocycles. The van der Waals surface area contributed by atoms with E-state index in [0.717, 1.165) is 27.8 Å². The largest absolute Gasteiger partial charge is 0.494 e. The van der Waals surface area contributed by atoms with E-state index < -0.39 is 11.6 Å². The molecule has 0 unspecified atom stereocenters. The van der Waals surface area contributed by atoms with Crippen LogP contribution in [-0.4, -0.2) is 42.2 Å². The Morgan fingerprint density at radius 2 is 1.55 bits per heavy atom. The minimum absolute atomic E-state index is 0.0586. The van der Waals surface area contributed by atoms with E-state index in [4.69, 9.17) is 42.8 Å². The zero-order valence-corrected chi connectivity index (χ0v) is 29.5. The Labute approximate surface area is 308 Å². The maximum Gasteiger partial charge on any atom is 0.266 e. The maximum atomic E-state index is 14.5. The third kappa shape index (κ3) is 9.06. The number of hydrogen-bond acceptors (Lipinski definition) is 6. The van der Waals surface area contributed by atoms with Crippen molar-refractivity contribution in [2.24, 2.45) is 4.99 Å². The first-order valence-electron chi connectivity index (χ1n) is 16.9. The molecular weight excluding hydrogens is 681 g/mol. The van der Waals surface area contributed by atoms with E-state index in [-0.39, 0.29) is 18.9 Å². The van der Waals surface area contributed by atoms with Gasteiger partial charge >= 0.3 is 0 Å². The van der Waals surface area contributed by atoms with E-state index in [0.29, 0.717) is 53.2 Å². The van der Waals surface area contributed by atoms with Gasteiger partial charge in [-0.05, 0) is 70.6 Å². The fraction of sp³-hybridized carbons (Fsp3) is 0.190. The van der Waals surface area contributed by atoms with Gasteiger partial charge in [-0.3, -0.25) is 10.2 Å². The number of halogens is 2. The summed E-state index contributed by atoms with van der Waals surface area (Å²) in [4.78, 5) is 19.6. The molecule has 5 aromatic carbocycles. The highest BCUT2D eigenvalue weighted by atomic mass is 35.5. The second-order valence-electron chi connectivity index (χ2n) is 12.2. The molecule has 6 rings (SSSR count). The summed E-state index contributed by atoms with van der Waals surface area (Å²) >= 11 is 12.5. The summed E-state index contributed by atoms with van der Waals surface area (Å²) in [6, 6.07) is 40.9. The molecule has 0 saturated carbocycles. The second kappa shape index (κ2) is 17.3. The standard InChI is InChI=1S/C42H39Cl2N3O4/c43-36-21-18-33(38(44)29-36)24-26-45-47-41(49)42(25-7-11-30-9-3-1-4-10-30)39(34-16-14-32(15-17-34)31-12-5-2-6-13-31)51-40(46-42)35-19-22-37(23-20-35)50-28-8-27-48/h1-7,9-23,29,39,45,48H,8,24-28H2,(H,47,49)/b11-7+/t39-,42-/m0/s1. The zero-order valence-electron chi connectivity index (χ0n) is 28.0. The summed E-state index contributed by atoms with van der Waals surface area (Å²) in [5, 5.41) is 10.3. The zero-order chi connectivity index (χ0) is 35.5. The monoisotopic (exact) mass is 719 g/mol. The number of aliphatic hydroxyl groups excluding tert-OH is 1. The molecule has 3 N–H and O–H groups in total. The highest BCUT2D eigenvalue weighted by Gasteiger charge is 2.52. The molecule has 5 aromatic rings. The summed E-state index contributed by atoms with van der Waals surface area (Å²) < 4.78 is 12.4. The van der Waals surface area contributed by atoms with Crippen LogP contribution in [-0.2, 0) is 16.0 Å². The number of nitrogens with zero attached hydrogens (tertiary/aromatic N) is 1. The van der Waals surface area contributed by atoms with E-state index in [9.17, 15) is 4.79 Å². The second-order valence-corrected chi connectivity index (χ2v) is 13.0. The van der Waals surface area contributed by atoms with Crippen molar-refractivity contribution in [1.29, 1.82) is 0 Å². The Balaban J connectivity index is 1.33. The minimum Gasteiger partial charge on any atom is -0.494 e. The highest BCUT2D eigenvalue weighted by Crippen LogP contribution is 2.43. The van der Waals surface area contributed by atoms with Crippen LogP contribution in [0.5, 0.6) is 5.75 Å². The van der Waals surface area contributed by atoms with Gasteiger partial charge < -0.3 is 14.6 Å². The molecule has 51 heavy (non-hydrogen) atoms. The van der Waals surface area contributed by atoms with Crippen molar-refractivity contribution in [3.63, 3.8) is 0 Å². The molecule has 0 bridgehead atoms. The number of hydrazine groups is 1. The van der Waals surface area contributed by atoms with Gasteiger partial charge in [-0.1, -0.05) is 126 Å². The molecule has 0 radical (unpaired) electrons. The molecule has 7 nitrogen and oxygen atoms in total. The number of rotatable bonds is 15. The van der Waals surface area contributed by atoms with Crippen LogP contribution >= 0.6 is 23.2 Å². The van der Waals surface area contributed by atoms with Crippen LogP contribution in [0.4, 0.5) is 0 Å². The Morgan fingerprint density at radius 3 is 2.25 bits per heavy atom. The molecule has 1 amide bonds. The van der Waals surface area contributed by atoms with Crippen molar-refractivity contribution in [2.75, 3.05) is 19.8 Å². The first kappa shape index (κ1) is 35.9. The molecule has 1 heterocycles. The minimum atomic E-state index is -1.36. The van der Waals surface area contributed by atoms with Crippen molar-refractivity contribution in [1.82, 2.24) is 10.9 Å². The van der Waals surface area contributed by atoms with Crippen LogP contribution in [0, 0.1) is 0 Å². The predicted octanol–water partition coefficient (Wildman–Crippen LogP) is 8.65. The van der Waals surface area contributed by atoms with Crippen LogP contribution in [0.3, 0.4) is 0 Å². The van der Waals surface area contributed by atoms with E-state index in [1.165, 1.54) is 0 Å². The summed E-state index contributed by atoms with van der Waals surface area (Å²) in [5.74, 6) is 0.683. The van der Waals surface area contributed by atoms with Crippen LogP contribution in [0.2, 0.25) is 10.0 Å². The number of hydrogen-bond donors (Lipinski definition) is 3. The molecule has 0 aromatic heterocycles. The average molecular weight is 721 g/mol. The third-order valence-electron chi connectivity index (χ3n) is 8.63. The van der Waals surface area contributed by atoms with Crippen molar-refractivity contribution in [3.8, 4) is 16.9 Å². The van der Waals surface area contributed by atoms with Crippen molar-refractivity contribution in [2.45, 2.75) is 30.9 Å². The number of carbonyl (C=O) groups excluding carboxylic acids is 1. The van der Waals surface area contributed by atoms with Gasteiger partial charge in [-0.15, -0.1) is 0 Å². The van der Waals surface area contributed by atoms with Crippen LogP contribution in [0.15, 0.2) is 138 Å². The third-order valence-corrected chi connectivity index (χ3v) is 9.21. The van der Waals surface area contributed by atoms with Gasteiger partial charge in [0, 0.05) is 41.6 Å². The van der Waals surface area contributed by atoms with Crippen molar-refractivity contribution < 1.29 is 19.4 Å². The quantitative estimate of drug-likeness (QED) is 0.0744. The van der Waals surface area contributed by atoms with Crippen molar-refractivity contribution >= 4 is 41.1 Å². The summed E-state index contributed by atoms with van der Waals surface area (Å²) in [6.45, 7) is 0.889. The highest BCUT2D eigenvalue weighted by molar-refractivity contribution is 6.35. The van der Waals surface area contributed by atoms with Crippen LogP contribution in [0.1, 0.15) is 41.2 Å². The van der Waals surface area contributed by atoms with E-state index >= 15 is 0 Å². The SMILES string of the molecule is O=C(NNCCc1ccc(Cl)cc1Cl)[C@@]1(C/C=C/c2ccccc2)N=C(c2ccc(OCCCO)cc2)O[C@H]1c1ccc(-c2ccccc2)cc1. The molecule has 2 atom stereocenters. The normalized spacial score (nSPS) is 16.8. The molecule has 0 fully saturated rings. The fourth-order valence-corrected chi connectivity index (χ4v) is 6.41. The van der Waals surface area contributed by atoms with Gasteiger partial charge in [0.15, 0.2) is 11.6 Å². The summed E-state index contributed by atoms with van der Waals surface area (Å²) in [5.41, 5.74) is 10.3. The number of aliphatic imine (C=N–C) groups is 1. The van der Waals surface area contributed by atoms with Gasteiger partial charge in [0.1, 0.15) is 5.75 Å². The smallest absolute Gasteiger partial charge is 0.266 e. The number of benzene rings is 5.